The lowest BCUT2D eigenvalue weighted by molar-refractivity contribution is -0.124. The van der Waals surface area contributed by atoms with Crippen LogP contribution in [0.25, 0.3) is 0 Å². The fraction of sp³-hybridized carbons (Fsp3) is 0.833. The number of rotatable bonds is 7. The summed E-state index contributed by atoms with van der Waals surface area (Å²) in [7, 11) is 1.64. The van der Waals surface area contributed by atoms with Crippen LogP contribution in [0.5, 0.6) is 0 Å². The summed E-state index contributed by atoms with van der Waals surface area (Å²) in [6, 6.07) is 0. The third-order valence-electron chi connectivity index (χ3n) is 2.94. The highest BCUT2D eigenvalue weighted by atomic mass is 16.5. The molecule has 0 aromatic heterocycles. The molecule has 5 nitrogen and oxygen atoms in total. The number of methoxy groups -OCH3 is 1. The number of nitrogens with one attached hydrogen (secondary N) is 2. The molecule has 0 unspecified atom stereocenters. The summed E-state index contributed by atoms with van der Waals surface area (Å²) in [6.07, 6.45) is 3.64. The fourth-order valence-corrected chi connectivity index (χ4v) is 2.20. The van der Waals surface area contributed by atoms with Crippen molar-refractivity contribution in [3.8, 4) is 0 Å². The van der Waals surface area contributed by atoms with Crippen molar-refractivity contribution >= 4 is 11.9 Å². The van der Waals surface area contributed by atoms with E-state index in [0.29, 0.717) is 19.1 Å². The Morgan fingerprint density at radius 3 is 2.47 bits per heavy atom. The zero-order chi connectivity index (χ0) is 12.7. The Hall–Kier alpha value is -1.10. The molecule has 0 radical (unpaired) electrons. The molecular weight excluding hydrogens is 218 g/mol. The first-order chi connectivity index (χ1) is 8.18. The van der Waals surface area contributed by atoms with E-state index < -0.39 is 5.54 Å². The lowest BCUT2D eigenvalue weighted by Crippen LogP contribution is -2.46. The first-order valence-corrected chi connectivity index (χ1v) is 6.31. The van der Waals surface area contributed by atoms with Crippen molar-refractivity contribution < 1.29 is 9.53 Å². The van der Waals surface area contributed by atoms with Crippen LogP contribution in [0.4, 0.5) is 0 Å². The minimum Gasteiger partial charge on any atom is -0.383 e. The van der Waals surface area contributed by atoms with Crippen molar-refractivity contribution in [3.05, 3.63) is 0 Å². The van der Waals surface area contributed by atoms with Crippen LogP contribution in [0.1, 0.15) is 39.5 Å². The Morgan fingerprint density at radius 2 is 1.94 bits per heavy atom. The number of amides is 1. The molecule has 0 aromatic carbocycles. The summed E-state index contributed by atoms with van der Waals surface area (Å²) in [5, 5.41) is 6.07. The van der Waals surface area contributed by atoms with E-state index >= 15 is 0 Å². The molecule has 98 valence electrons. The predicted molar refractivity (Wildman–Crippen MR) is 68.0 cm³/mol. The van der Waals surface area contributed by atoms with Gasteiger partial charge in [-0.15, -0.1) is 0 Å². The number of hydrogen-bond donors (Lipinski definition) is 2. The van der Waals surface area contributed by atoms with Crippen LogP contribution in [0, 0.1) is 0 Å². The molecule has 17 heavy (non-hydrogen) atoms. The number of hydrogen-bond acceptors (Lipinski definition) is 3. The maximum Gasteiger partial charge on any atom is 0.252 e. The number of nitrogens with zero attached hydrogens (tertiary/aromatic N) is 1. The second kappa shape index (κ2) is 6.59. The van der Waals surface area contributed by atoms with E-state index in [1.807, 2.05) is 0 Å². The predicted octanol–water partition coefficient (Wildman–Crippen LogP) is 1.05. The van der Waals surface area contributed by atoms with E-state index in [0.717, 1.165) is 25.7 Å². The highest BCUT2D eigenvalue weighted by Gasteiger charge is 2.43. The maximum atomic E-state index is 12.0. The molecule has 0 saturated carbocycles. The van der Waals surface area contributed by atoms with Gasteiger partial charge in [-0.2, -0.15) is 0 Å². The summed E-state index contributed by atoms with van der Waals surface area (Å²) in [4.78, 5) is 16.3. The zero-order valence-electron chi connectivity index (χ0n) is 11.0. The Morgan fingerprint density at radius 1 is 1.29 bits per heavy atom. The number of aliphatic imine (C=N–C) groups is 1. The van der Waals surface area contributed by atoms with E-state index in [9.17, 15) is 4.79 Å². The molecule has 1 fully saturated rings. The average molecular weight is 241 g/mol. The van der Waals surface area contributed by atoms with Crippen molar-refractivity contribution in [3.63, 3.8) is 0 Å². The van der Waals surface area contributed by atoms with Crippen LogP contribution >= 0.6 is 0 Å². The third kappa shape index (κ3) is 3.43. The van der Waals surface area contributed by atoms with E-state index in [1.165, 1.54) is 0 Å². The van der Waals surface area contributed by atoms with Crippen LogP contribution in [-0.4, -0.2) is 37.7 Å². The topological polar surface area (TPSA) is 62.7 Å². The highest BCUT2D eigenvalue weighted by Crippen LogP contribution is 2.23. The van der Waals surface area contributed by atoms with E-state index in [-0.39, 0.29) is 5.91 Å². The molecule has 1 rings (SSSR count). The molecule has 2 N–H and O–H groups in total. The molecule has 1 amide bonds. The summed E-state index contributed by atoms with van der Waals surface area (Å²) >= 11 is 0. The second-order valence-corrected chi connectivity index (χ2v) is 4.38. The Kier molecular flexibility index (Phi) is 5.41. The van der Waals surface area contributed by atoms with Gasteiger partial charge < -0.3 is 10.1 Å². The van der Waals surface area contributed by atoms with Gasteiger partial charge in [-0.25, -0.2) is 0 Å². The first-order valence-electron chi connectivity index (χ1n) is 6.31. The lowest BCUT2D eigenvalue weighted by Gasteiger charge is -2.25. The van der Waals surface area contributed by atoms with Gasteiger partial charge in [-0.3, -0.25) is 15.1 Å². The molecule has 1 heterocycles. The minimum atomic E-state index is -0.449. The molecule has 0 aliphatic carbocycles. The van der Waals surface area contributed by atoms with Gasteiger partial charge in [-0.05, 0) is 12.8 Å². The molecule has 0 spiro atoms. The molecule has 0 atom stereocenters. The van der Waals surface area contributed by atoms with Gasteiger partial charge in [0.05, 0.1) is 13.2 Å². The van der Waals surface area contributed by atoms with E-state index in [4.69, 9.17) is 4.74 Å². The standard InChI is InChI=1S/C12H23N3O2/c1-4-6-12(7-5-2)10(16)14-11(15-12)13-8-9-17-3/h4-9H2,1-3H3,(H2,13,14,15,16). The summed E-state index contributed by atoms with van der Waals surface area (Å²) < 4.78 is 4.93. The van der Waals surface area contributed by atoms with Gasteiger partial charge in [0.1, 0.15) is 5.54 Å². The van der Waals surface area contributed by atoms with Crippen LogP contribution in [0.3, 0.4) is 0 Å². The maximum absolute atomic E-state index is 12.0. The van der Waals surface area contributed by atoms with E-state index in [1.54, 1.807) is 7.11 Å². The van der Waals surface area contributed by atoms with Crippen LogP contribution < -0.4 is 10.6 Å². The quantitative estimate of drug-likeness (QED) is 0.655. The third-order valence-corrected chi connectivity index (χ3v) is 2.94. The minimum absolute atomic E-state index is 0.0531. The molecule has 1 saturated heterocycles. The zero-order valence-corrected chi connectivity index (χ0v) is 11.0. The molecule has 0 aromatic rings. The molecule has 5 heteroatoms. The summed E-state index contributed by atoms with van der Waals surface area (Å²) in [5.74, 6) is 0.645. The van der Waals surface area contributed by atoms with Gasteiger partial charge in [0.25, 0.3) is 5.91 Å². The van der Waals surface area contributed by atoms with Crippen molar-refractivity contribution in [1.29, 1.82) is 0 Å². The summed E-state index contributed by atoms with van der Waals surface area (Å²) in [5.41, 5.74) is -0.449. The largest absolute Gasteiger partial charge is 0.383 e. The van der Waals surface area contributed by atoms with E-state index in [2.05, 4.69) is 29.5 Å². The van der Waals surface area contributed by atoms with Gasteiger partial charge in [0, 0.05) is 7.11 Å². The monoisotopic (exact) mass is 241 g/mol. The number of guanidine groups is 1. The SMILES string of the molecule is CCCC1(CCC)NC(=NCCOC)NC1=O. The van der Waals surface area contributed by atoms with Crippen molar-refractivity contribution in [1.82, 2.24) is 10.6 Å². The Balaban J connectivity index is 2.67. The van der Waals surface area contributed by atoms with Gasteiger partial charge in [0.15, 0.2) is 5.96 Å². The lowest BCUT2D eigenvalue weighted by atomic mass is 9.89. The van der Waals surface area contributed by atoms with Crippen molar-refractivity contribution in [2.24, 2.45) is 4.99 Å². The smallest absolute Gasteiger partial charge is 0.252 e. The number of carbonyl (C=O) groups excluding carboxylic acids is 1. The Bertz CT molecular complexity index is 283. The van der Waals surface area contributed by atoms with Gasteiger partial charge in [0.2, 0.25) is 0 Å². The second-order valence-electron chi connectivity index (χ2n) is 4.38. The highest BCUT2D eigenvalue weighted by molar-refractivity contribution is 6.09. The average Bonchev–Trinajstić information content (AvgIpc) is 2.57. The number of carbonyl (C=O) groups is 1. The van der Waals surface area contributed by atoms with Gasteiger partial charge >= 0.3 is 0 Å². The molecule has 0 bridgehead atoms. The normalized spacial score (nSPS) is 20.4. The molecular formula is C12H23N3O2. The van der Waals surface area contributed by atoms with Crippen LogP contribution in [-0.2, 0) is 9.53 Å². The molecule has 1 aliphatic heterocycles. The van der Waals surface area contributed by atoms with Crippen LogP contribution in [0.15, 0.2) is 4.99 Å². The van der Waals surface area contributed by atoms with Crippen molar-refractivity contribution in [2.75, 3.05) is 20.3 Å². The van der Waals surface area contributed by atoms with Crippen molar-refractivity contribution in [2.45, 2.75) is 45.1 Å². The van der Waals surface area contributed by atoms with Gasteiger partial charge in [-0.1, -0.05) is 26.7 Å². The fourth-order valence-electron chi connectivity index (χ4n) is 2.20. The number of ether oxygens (including phenoxy) is 1. The Labute approximate surface area is 103 Å². The first kappa shape index (κ1) is 14.0. The van der Waals surface area contributed by atoms with Crippen LogP contribution in [0.2, 0.25) is 0 Å². The summed E-state index contributed by atoms with van der Waals surface area (Å²) in [6.45, 7) is 5.31. The molecule has 1 aliphatic rings.